The molecule has 2 atom stereocenters. The van der Waals surface area contributed by atoms with Crippen LogP contribution in [0.2, 0.25) is 0 Å². The van der Waals surface area contributed by atoms with E-state index in [2.05, 4.69) is 10.0 Å². The third-order valence-corrected chi connectivity index (χ3v) is 2.78. The molecule has 0 saturated carbocycles. The molecule has 0 bridgehead atoms. The van der Waals surface area contributed by atoms with Crippen LogP contribution in [-0.2, 0) is 4.74 Å². The first kappa shape index (κ1) is 13.6. The molecule has 17 heavy (non-hydrogen) atoms. The zero-order chi connectivity index (χ0) is 13.1. The summed E-state index contributed by atoms with van der Waals surface area (Å²) < 4.78 is 5.33. The predicted octanol–water partition coefficient (Wildman–Crippen LogP) is 3.08. The van der Waals surface area contributed by atoms with E-state index >= 15 is 0 Å². The highest BCUT2D eigenvalue weighted by Crippen LogP contribution is 2.22. The van der Waals surface area contributed by atoms with Crippen molar-refractivity contribution in [3.63, 3.8) is 0 Å². The van der Waals surface area contributed by atoms with Crippen molar-refractivity contribution >= 4 is 6.09 Å². The van der Waals surface area contributed by atoms with E-state index < -0.39 is 5.60 Å². The Morgan fingerprint density at radius 2 is 2.18 bits per heavy atom. The Labute approximate surface area is 102 Å². The standard InChI is InChI=1S/C11H20N4O2/c1-8-9(13-14-12)6-5-7-15(8)10(16)17-11(2,3)4/h8-9H,5-7H2,1-4H3/t8-,9?/m1/s1. The minimum Gasteiger partial charge on any atom is -0.444 e. The van der Waals surface area contributed by atoms with Gasteiger partial charge >= 0.3 is 6.09 Å². The van der Waals surface area contributed by atoms with Crippen molar-refractivity contribution in [1.82, 2.24) is 4.90 Å². The Hall–Kier alpha value is -1.42. The number of amides is 1. The van der Waals surface area contributed by atoms with Gasteiger partial charge in [-0.05, 0) is 46.1 Å². The van der Waals surface area contributed by atoms with Crippen molar-refractivity contribution in [3.8, 4) is 0 Å². The van der Waals surface area contributed by atoms with Crippen molar-refractivity contribution in [2.24, 2.45) is 5.11 Å². The molecule has 1 fully saturated rings. The molecule has 6 heteroatoms. The van der Waals surface area contributed by atoms with E-state index in [0.29, 0.717) is 6.54 Å². The molecule has 0 spiro atoms. The predicted molar refractivity (Wildman–Crippen MR) is 64.6 cm³/mol. The lowest BCUT2D eigenvalue weighted by Gasteiger charge is -2.38. The van der Waals surface area contributed by atoms with Crippen LogP contribution in [0, 0.1) is 0 Å². The smallest absolute Gasteiger partial charge is 0.410 e. The zero-order valence-corrected chi connectivity index (χ0v) is 10.9. The Morgan fingerprint density at radius 3 is 2.71 bits per heavy atom. The maximum Gasteiger partial charge on any atom is 0.410 e. The van der Waals surface area contributed by atoms with Gasteiger partial charge in [0.1, 0.15) is 5.60 Å². The van der Waals surface area contributed by atoms with Gasteiger partial charge in [0.05, 0.1) is 6.04 Å². The van der Waals surface area contributed by atoms with Crippen LogP contribution in [-0.4, -0.2) is 35.2 Å². The molecule has 1 unspecified atom stereocenters. The third kappa shape index (κ3) is 3.82. The molecule has 0 aromatic carbocycles. The van der Waals surface area contributed by atoms with Gasteiger partial charge in [0.15, 0.2) is 0 Å². The molecule has 1 aliphatic heterocycles. The van der Waals surface area contributed by atoms with Crippen LogP contribution in [0.25, 0.3) is 10.4 Å². The monoisotopic (exact) mass is 240 g/mol. The molecule has 1 aliphatic rings. The van der Waals surface area contributed by atoms with Crippen LogP contribution >= 0.6 is 0 Å². The van der Waals surface area contributed by atoms with Gasteiger partial charge in [0.2, 0.25) is 0 Å². The van der Waals surface area contributed by atoms with Crippen LogP contribution in [0.1, 0.15) is 40.5 Å². The Balaban J connectivity index is 2.70. The molecular weight excluding hydrogens is 220 g/mol. The van der Waals surface area contributed by atoms with Crippen LogP contribution < -0.4 is 0 Å². The number of carbonyl (C=O) groups excluding carboxylic acids is 1. The fraction of sp³-hybridized carbons (Fsp3) is 0.909. The van der Waals surface area contributed by atoms with Gasteiger partial charge in [-0.2, -0.15) is 0 Å². The molecule has 1 saturated heterocycles. The third-order valence-electron chi connectivity index (χ3n) is 2.78. The number of azide groups is 1. The summed E-state index contributed by atoms with van der Waals surface area (Å²) in [6.07, 6.45) is 1.33. The Morgan fingerprint density at radius 1 is 1.53 bits per heavy atom. The fourth-order valence-electron chi connectivity index (χ4n) is 1.92. The van der Waals surface area contributed by atoms with Crippen molar-refractivity contribution in [2.45, 2.75) is 58.2 Å². The zero-order valence-electron chi connectivity index (χ0n) is 10.9. The molecule has 1 rings (SSSR count). The molecule has 1 amide bonds. The minimum absolute atomic E-state index is 0.102. The average Bonchev–Trinajstić information content (AvgIpc) is 2.18. The van der Waals surface area contributed by atoms with E-state index in [-0.39, 0.29) is 18.2 Å². The summed E-state index contributed by atoms with van der Waals surface area (Å²) in [5.41, 5.74) is 7.97. The minimum atomic E-state index is -0.498. The first-order valence-electron chi connectivity index (χ1n) is 5.89. The summed E-state index contributed by atoms with van der Waals surface area (Å²) >= 11 is 0. The normalized spacial score (nSPS) is 25.1. The van der Waals surface area contributed by atoms with Crippen LogP contribution in [0.4, 0.5) is 4.79 Å². The highest BCUT2D eigenvalue weighted by molar-refractivity contribution is 5.68. The van der Waals surface area contributed by atoms with E-state index in [9.17, 15) is 4.79 Å². The van der Waals surface area contributed by atoms with Gasteiger partial charge in [-0.1, -0.05) is 5.11 Å². The van der Waals surface area contributed by atoms with Crippen molar-refractivity contribution in [1.29, 1.82) is 0 Å². The molecular formula is C11H20N4O2. The van der Waals surface area contributed by atoms with Gasteiger partial charge in [-0.25, -0.2) is 4.79 Å². The molecule has 96 valence electrons. The Bertz CT molecular complexity index is 331. The van der Waals surface area contributed by atoms with Crippen LogP contribution in [0.3, 0.4) is 0 Å². The topological polar surface area (TPSA) is 78.3 Å². The molecule has 0 radical (unpaired) electrons. The second-order valence-corrected chi connectivity index (χ2v) is 5.33. The maximum absolute atomic E-state index is 11.9. The highest BCUT2D eigenvalue weighted by Gasteiger charge is 2.33. The number of ether oxygens (including phenoxy) is 1. The second-order valence-electron chi connectivity index (χ2n) is 5.33. The first-order chi connectivity index (χ1) is 7.85. The van der Waals surface area contributed by atoms with Crippen LogP contribution in [0.5, 0.6) is 0 Å². The highest BCUT2D eigenvalue weighted by atomic mass is 16.6. The molecule has 0 aromatic rings. The number of likely N-dealkylation sites (tertiary alicyclic amines) is 1. The van der Waals surface area contributed by atoms with E-state index in [1.807, 2.05) is 27.7 Å². The van der Waals surface area contributed by atoms with Gasteiger partial charge in [-0.15, -0.1) is 0 Å². The van der Waals surface area contributed by atoms with Crippen LogP contribution in [0.15, 0.2) is 5.11 Å². The number of piperidine rings is 1. The summed E-state index contributed by atoms with van der Waals surface area (Å²) in [5.74, 6) is 0. The lowest BCUT2D eigenvalue weighted by atomic mass is 9.99. The number of carbonyl (C=O) groups is 1. The van der Waals surface area contributed by atoms with Gasteiger partial charge in [0, 0.05) is 17.5 Å². The number of hydrogen-bond acceptors (Lipinski definition) is 3. The number of nitrogens with zero attached hydrogens (tertiary/aromatic N) is 4. The summed E-state index contributed by atoms with van der Waals surface area (Å²) in [5, 5.41) is 3.72. The van der Waals surface area contributed by atoms with E-state index in [0.717, 1.165) is 12.8 Å². The first-order valence-corrected chi connectivity index (χ1v) is 5.89. The summed E-state index contributed by atoms with van der Waals surface area (Å²) in [6, 6.07) is -0.254. The lowest BCUT2D eigenvalue weighted by molar-refractivity contribution is 0.00938. The summed E-state index contributed by atoms with van der Waals surface area (Å²) in [4.78, 5) is 16.4. The van der Waals surface area contributed by atoms with E-state index in [1.54, 1.807) is 4.90 Å². The van der Waals surface area contributed by atoms with Gasteiger partial charge in [0.25, 0.3) is 0 Å². The van der Waals surface area contributed by atoms with Gasteiger partial charge < -0.3 is 9.64 Å². The lowest BCUT2D eigenvalue weighted by Crippen LogP contribution is -2.50. The molecule has 1 heterocycles. The number of rotatable bonds is 1. The largest absolute Gasteiger partial charge is 0.444 e. The summed E-state index contributed by atoms with van der Waals surface area (Å²) in [6.45, 7) is 8.06. The average molecular weight is 240 g/mol. The molecule has 0 N–H and O–H groups in total. The Kier molecular flexibility index (Phi) is 4.23. The SMILES string of the molecule is C[C@@H]1C(N=[N+]=[N-])CCCN1C(=O)OC(C)(C)C. The van der Waals surface area contributed by atoms with Crippen molar-refractivity contribution < 1.29 is 9.53 Å². The second kappa shape index (κ2) is 5.27. The quantitative estimate of drug-likeness (QED) is 0.401. The van der Waals surface area contributed by atoms with E-state index in [1.165, 1.54) is 0 Å². The molecule has 0 aromatic heterocycles. The molecule has 6 nitrogen and oxygen atoms in total. The molecule has 0 aliphatic carbocycles. The van der Waals surface area contributed by atoms with Crippen molar-refractivity contribution in [3.05, 3.63) is 10.4 Å². The summed E-state index contributed by atoms with van der Waals surface area (Å²) in [7, 11) is 0. The number of hydrogen-bond donors (Lipinski definition) is 0. The maximum atomic E-state index is 11.9. The van der Waals surface area contributed by atoms with E-state index in [4.69, 9.17) is 10.3 Å². The van der Waals surface area contributed by atoms with Gasteiger partial charge in [-0.3, -0.25) is 0 Å². The van der Waals surface area contributed by atoms with Crippen molar-refractivity contribution in [2.75, 3.05) is 6.54 Å². The fourth-order valence-corrected chi connectivity index (χ4v) is 1.92.